The molecule has 1 amide bonds. The van der Waals surface area contributed by atoms with Crippen molar-refractivity contribution < 1.29 is 9.53 Å². The maximum absolute atomic E-state index is 11.6. The summed E-state index contributed by atoms with van der Waals surface area (Å²) in [5.41, 5.74) is 4.85. The number of ether oxygens (including phenoxy) is 1. The van der Waals surface area contributed by atoms with E-state index in [1.807, 2.05) is 0 Å². The smallest absolute Gasteiger partial charge is 0.254 e. The SMILES string of the molecule is COC(C)(C)C(=O)N1CC(N)C1. The van der Waals surface area contributed by atoms with Crippen molar-refractivity contribution in [2.75, 3.05) is 20.2 Å². The van der Waals surface area contributed by atoms with E-state index >= 15 is 0 Å². The lowest BCUT2D eigenvalue weighted by molar-refractivity contribution is -0.155. The van der Waals surface area contributed by atoms with Gasteiger partial charge in [-0.1, -0.05) is 0 Å². The van der Waals surface area contributed by atoms with Gasteiger partial charge >= 0.3 is 0 Å². The standard InChI is InChI=1S/C8H16N2O2/c1-8(2,12-3)7(11)10-4-6(9)5-10/h6H,4-5,9H2,1-3H3. The van der Waals surface area contributed by atoms with Crippen LogP contribution in [0.5, 0.6) is 0 Å². The Balaban J connectivity index is 2.48. The first-order chi connectivity index (χ1) is 5.47. The second-order valence-corrected chi connectivity index (χ2v) is 3.68. The van der Waals surface area contributed by atoms with E-state index in [1.54, 1.807) is 18.7 Å². The van der Waals surface area contributed by atoms with E-state index in [2.05, 4.69) is 0 Å². The fourth-order valence-electron chi connectivity index (χ4n) is 1.15. The number of likely N-dealkylation sites (tertiary alicyclic amines) is 1. The van der Waals surface area contributed by atoms with Crippen molar-refractivity contribution in [2.24, 2.45) is 5.73 Å². The molecule has 4 heteroatoms. The number of hydrogen-bond acceptors (Lipinski definition) is 3. The van der Waals surface area contributed by atoms with Gasteiger partial charge in [-0.15, -0.1) is 0 Å². The quantitative estimate of drug-likeness (QED) is 0.615. The lowest BCUT2D eigenvalue weighted by atomic mass is 10.0. The van der Waals surface area contributed by atoms with Gasteiger partial charge in [-0.2, -0.15) is 0 Å². The zero-order valence-electron chi connectivity index (χ0n) is 7.83. The number of carbonyl (C=O) groups excluding carboxylic acids is 1. The van der Waals surface area contributed by atoms with Crippen LogP contribution in [0.4, 0.5) is 0 Å². The van der Waals surface area contributed by atoms with E-state index in [1.165, 1.54) is 7.11 Å². The number of carbonyl (C=O) groups is 1. The third kappa shape index (κ3) is 1.59. The van der Waals surface area contributed by atoms with E-state index in [9.17, 15) is 4.79 Å². The van der Waals surface area contributed by atoms with E-state index in [0.29, 0.717) is 13.1 Å². The summed E-state index contributed by atoms with van der Waals surface area (Å²) in [5.74, 6) is 0.0201. The maximum Gasteiger partial charge on any atom is 0.254 e. The fourth-order valence-corrected chi connectivity index (χ4v) is 1.15. The number of rotatable bonds is 2. The molecule has 0 bridgehead atoms. The highest BCUT2D eigenvalue weighted by Gasteiger charge is 2.37. The molecule has 1 fully saturated rings. The molecule has 0 aromatic rings. The van der Waals surface area contributed by atoms with Gasteiger partial charge in [0.15, 0.2) is 0 Å². The van der Waals surface area contributed by atoms with Crippen molar-refractivity contribution in [1.82, 2.24) is 4.90 Å². The Labute approximate surface area is 72.7 Å². The topological polar surface area (TPSA) is 55.6 Å². The maximum atomic E-state index is 11.6. The third-order valence-electron chi connectivity index (χ3n) is 2.22. The van der Waals surface area contributed by atoms with Gasteiger partial charge in [-0.05, 0) is 13.8 Å². The van der Waals surface area contributed by atoms with Crippen LogP contribution >= 0.6 is 0 Å². The van der Waals surface area contributed by atoms with Gasteiger partial charge in [0.2, 0.25) is 0 Å². The van der Waals surface area contributed by atoms with Gasteiger partial charge in [-0.3, -0.25) is 4.79 Å². The first-order valence-corrected chi connectivity index (χ1v) is 4.07. The zero-order valence-corrected chi connectivity index (χ0v) is 7.83. The van der Waals surface area contributed by atoms with Crippen LogP contribution in [0, 0.1) is 0 Å². The Morgan fingerprint density at radius 1 is 1.58 bits per heavy atom. The van der Waals surface area contributed by atoms with Crippen molar-refractivity contribution >= 4 is 5.91 Å². The molecule has 2 N–H and O–H groups in total. The fraction of sp³-hybridized carbons (Fsp3) is 0.875. The predicted molar refractivity (Wildman–Crippen MR) is 45.6 cm³/mol. The van der Waals surface area contributed by atoms with Gasteiger partial charge in [0, 0.05) is 26.2 Å². The molecule has 1 aliphatic heterocycles. The minimum atomic E-state index is -0.708. The minimum Gasteiger partial charge on any atom is -0.369 e. The van der Waals surface area contributed by atoms with E-state index < -0.39 is 5.60 Å². The van der Waals surface area contributed by atoms with Crippen LogP contribution in [-0.2, 0) is 9.53 Å². The molecule has 0 aromatic carbocycles. The molecule has 0 saturated carbocycles. The Bertz CT molecular complexity index is 185. The molecule has 1 heterocycles. The monoisotopic (exact) mass is 172 g/mol. The molecular weight excluding hydrogens is 156 g/mol. The molecule has 1 saturated heterocycles. The highest BCUT2D eigenvalue weighted by Crippen LogP contribution is 2.16. The molecule has 0 spiro atoms. The average Bonchev–Trinajstić information content (AvgIpc) is 1.97. The normalized spacial score (nSPS) is 19.2. The number of nitrogens with two attached hydrogens (primary N) is 1. The molecule has 0 aliphatic carbocycles. The molecule has 0 aromatic heterocycles. The molecule has 0 unspecified atom stereocenters. The first-order valence-electron chi connectivity index (χ1n) is 4.07. The van der Waals surface area contributed by atoms with Crippen molar-refractivity contribution in [3.05, 3.63) is 0 Å². The van der Waals surface area contributed by atoms with Gasteiger partial charge in [0.25, 0.3) is 5.91 Å². The Morgan fingerprint density at radius 3 is 2.42 bits per heavy atom. The summed E-state index contributed by atoms with van der Waals surface area (Å²) < 4.78 is 5.06. The summed E-state index contributed by atoms with van der Waals surface area (Å²) in [4.78, 5) is 13.3. The Hall–Kier alpha value is -0.610. The van der Waals surface area contributed by atoms with Crippen LogP contribution in [0.1, 0.15) is 13.8 Å². The largest absolute Gasteiger partial charge is 0.369 e. The molecule has 0 radical (unpaired) electrons. The van der Waals surface area contributed by atoms with Crippen LogP contribution in [0.3, 0.4) is 0 Å². The molecule has 0 atom stereocenters. The molecule has 1 rings (SSSR count). The van der Waals surface area contributed by atoms with Crippen molar-refractivity contribution in [3.63, 3.8) is 0 Å². The van der Waals surface area contributed by atoms with Crippen LogP contribution in [0.2, 0.25) is 0 Å². The van der Waals surface area contributed by atoms with E-state index in [-0.39, 0.29) is 11.9 Å². The predicted octanol–water partition coefficient (Wildman–Crippen LogP) is -0.419. The first kappa shape index (κ1) is 9.48. The molecule has 70 valence electrons. The van der Waals surface area contributed by atoms with E-state index in [0.717, 1.165) is 0 Å². The molecule has 1 aliphatic rings. The van der Waals surface area contributed by atoms with Crippen LogP contribution in [0.15, 0.2) is 0 Å². The molecule has 12 heavy (non-hydrogen) atoms. The summed E-state index contributed by atoms with van der Waals surface area (Å²) >= 11 is 0. The number of nitrogens with zero attached hydrogens (tertiary/aromatic N) is 1. The molecular formula is C8H16N2O2. The summed E-state index contributed by atoms with van der Waals surface area (Å²) in [6.07, 6.45) is 0. The average molecular weight is 172 g/mol. The summed E-state index contributed by atoms with van der Waals surface area (Å²) in [5, 5.41) is 0. The lowest BCUT2D eigenvalue weighted by Gasteiger charge is -2.40. The van der Waals surface area contributed by atoms with Gasteiger partial charge in [-0.25, -0.2) is 0 Å². The summed E-state index contributed by atoms with van der Waals surface area (Å²) in [6, 6.07) is 0.154. The highest BCUT2D eigenvalue weighted by atomic mass is 16.5. The number of methoxy groups -OCH3 is 1. The van der Waals surface area contributed by atoms with Gasteiger partial charge < -0.3 is 15.4 Å². The van der Waals surface area contributed by atoms with Crippen LogP contribution in [-0.4, -0.2) is 42.6 Å². The highest BCUT2D eigenvalue weighted by molar-refractivity contribution is 5.85. The lowest BCUT2D eigenvalue weighted by Crippen LogP contribution is -2.62. The van der Waals surface area contributed by atoms with Crippen molar-refractivity contribution in [2.45, 2.75) is 25.5 Å². The third-order valence-corrected chi connectivity index (χ3v) is 2.22. The van der Waals surface area contributed by atoms with E-state index in [4.69, 9.17) is 10.5 Å². The van der Waals surface area contributed by atoms with Gasteiger partial charge in [0.1, 0.15) is 5.60 Å². The van der Waals surface area contributed by atoms with Gasteiger partial charge in [0.05, 0.1) is 0 Å². The van der Waals surface area contributed by atoms with Crippen LogP contribution < -0.4 is 5.73 Å². The number of amides is 1. The van der Waals surface area contributed by atoms with Crippen LogP contribution in [0.25, 0.3) is 0 Å². The Morgan fingerprint density at radius 2 is 2.08 bits per heavy atom. The molecule has 4 nitrogen and oxygen atoms in total. The zero-order chi connectivity index (χ0) is 9.35. The second-order valence-electron chi connectivity index (χ2n) is 3.68. The van der Waals surface area contributed by atoms with Crippen molar-refractivity contribution in [3.8, 4) is 0 Å². The minimum absolute atomic E-state index is 0.0201. The Kier molecular flexibility index (Phi) is 2.39. The summed E-state index contributed by atoms with van der Waals surface area (Å²) in [6.45, 7) is 4.84. The van der Waals surface area contributed by atoms with Crippen molar-refractivity contribution in [1.29, 1.82) is 0 Å². The second kappa shape index (κ2) is 3.03. The number of hydrogen-bond donors (Lipinski definition) is 1. The summed E-state index contributed by atoms with van der Waals surface area (Å²) in [7, 11) is 1.54.